The summed E-state index contributed by atoms with van der Waals surface area (Å²) in [5.41, 5.74) is 8.95. The van der Waals surface area contributed by atoms with E-state index >= 15 is 0 Å². The van der Waals surface area contributed by atoms with Crippen LogP contribution in [0.5, 0.6) is 0 Å². The zero-order valence-electron chi connectivity index (χ0n) is 20.4. The summed E-state index contributed by atoms with van der Waals surface area (Å²) in [5, 5.41) is 3.78. The third kappa shape index (κ3) is 4.06. The minimum atomic E-state index is 0.0110. The number of para-hydroxylation sites is 2. The molecule has 3 heterocycles. The summed E-state index contributed by atoms with van der Waals surface area (Å²) < 4.78 is 12.3. The van der Waals surface area contributed by atoms with E-state index in [2.05, 4.69) is 66.0 Å². The Morgan fingerprint density at radius 3 is 1.46 bits per heavy atom. The van der Waals surface area contributed by atoms with Crippen LogP contribution in [0.25, 0.3) is 0 Å². The maximum Gasteiger partial charge on any atom is 0.219 e. The number of anilines is 2. The maximum atomic E-state index is 6.16. The van der Waals surface area contributed by atoms with E-state index in [1.807, 2.05) is 36.4 Å². The standard InChI is InChI=1S/C32H27N3O2/c1-3-9-21(10-4-1)27-19-36-31(33-27)25-15-7-13-23-17-18-24-14-8-16-26(30(24)35-29(23)25)32-34-28(20-37-32)22-11-5-2-6-12-22/h1-16,27-28,35H,17-20H2. The van der Waals surface area contributed by atoms with E-state index in [4.69, 9.17) is 19.5 Å². The number of aryl methyl sites for hydroxylation is 2. The van der Waals surface area contributed by atoms with Crippen LogP contribution in [-0.2, 0) is 22.3 Å². The second-order valence-corrected chi connectivity index (χ2v) is 9.65. The smallest absolute Gasteiger partial charge is 0.219 e. The summed E-state index contributed by atoms with van der Waals surface area (Å²) in [7, 11) is 0. The van der Waals surface area contributed by atoms with Crippen LogP contribution < -0.4 is 5.32 Å². The Bertz CT molecular complexity index is 1400. The summed E-state index contributed by atoms with van der Waals surface area (Å²) >= 11 is 0. The van der Waals surface area contributed by atoms with Crippen LogP contribution >= 0.6 is 0 Å². The van der Waals surface area contributed by atoms with E-state index in [9.17, 15) is 0 Å². The highest BCUT2D eigenvalue weighted by molar-refractivity contribution is 6.05. The van der Waals surface area contributed by atoms with E-state index in [-0.39, 0.29) is 12.1 Å². The van der Waals surface area contributed by atoms with E-state index in [1.54, 1.807) is 0 Å². The third-order valence-electron chi connectivity index (χ3n) is 7.35. The van der Waals surface area contributed by atoms with Crippen LogP contribution in [0.15, 0.2) is 107 Å². The molecule has 37 heavy (non-hydrogen) atoms. The molecule has 182 valence electrons. The number of aliphatic imine (C=N–C) groups is 2. The fourth-order valence-corrected chi connectivity index (χ4v) is 5.40. The molecule has 4 aromatic rings. The molecule has 2 atom stereocenters. The molecule has 0 amide bonds. The number of hydrogen-bond donors (Lipinski definition) is 1. The Morgan fingerprint density at radius 2 is 1.00 bits per heavy atom. The Kier molecular flexibility index (Phi) is 5.47. The number of rotatable bonds is 4. The highest BCUT2D eigenvalue weighted by atomic mass is 16.5. The van der Waals surface area contributed by atoms with Crippen LogP contribution in [-0.4, -0.2) is 25.0 Å². The lowest BCUT2D eigenvalue weighted by Gasteiger charge is -2.17. The molecular formula is C32H27N3O2. The molecule has 0 bridgehead atoms. The minimum Gasteiger partial charge on any atom is -0.475 e. The van der Waals surface area contributed by atoms with Crippen molar-refractivity contribution in [2.24, 2.45) is 9.98 Å². The molecule has 0 aromatic heterocycles. The maximum absolute atomic E-state index is 6.16. The van der Waals surface area contributed by atoms with Crippen molar-refractivity contribution >= 4 is 23.2 Å². The normalized spacial score (nSPS) is 19.9. The zero-order valence-corrected chi connectivity index (χ0v) is 20.4. The summed E-state index contributed by atoms with van der Waals surface area (Å²) in [6.07, 6.45) is 1.87. The highest BCUT2D eigenvalue weighted by Gasteiger charge is 2.28. The van der Waals surface area contributed by atoms with E-state index in [0.29, 0.717) is 25.0 Å². The van der Waals surface area contributed by atoms with Gasteiger partial charge in [0.25, 0.3) is 0 Å². The van der Waals surface area contributed by atoms with Crippen LogP contribution in [0.1, 0.15) is 45.5 Å². The molecule has 2 unspecified atom stereocenters. The number of nitrogens with one attached hydrogen (secondary N) is 1. The first-order valence-corrected chi connectivity index (χ1v) is 12.9. The average molecular weight is 486 g/mol. The Morgan fingerprint density at radius 1 is 0.541 bits per heavy atom. The van der Waals surface area contributed by atoms with E-state index < -0.39 is 0 Å². The molecule has 0 saturated carbocycles. The van der Waals surface area contributed by atoms with Crippen molar-refractivity contribution in [1.29, 1.82) is 0 Å². The molecule has 0 aliphatic carbocycles. The van der Waals surface area contributed by atoms with Crippen molar-refractivity contribution in [3.63, 3.8) is 0 Å². The molecule has 3 aliphatic rings. The number of hydrogen-bond acceptors (Lipinski definition) is 5. The molecule has 5 heteroatoms. The van der Waals surface area contributed by atoms with Crippen LogP contribution in [0.4, 0.5) is 11.4 Å². The minimum absolute atomic E-state index is 0.0110. The molecule has 7 rings (SSSR count). The van der Waals surface area contributed by atoms with E-state index in [1.165, 1.54) is 22.3 Å². The van der Waals surface area contributed by atoms with Gasteiger partial charge < -0.3 is 14.8 Å². The predicted octanol–water partition coefficient (Wildman–Crippen LogP) is 6.57. The first-order valence-electron chi connectivity index (χ1n) is 12.9. The zero-order chi connectivity index (χ0) is 24.6. The lowest BCUT2D eigenvalue weighted by atomic mass is 10.0. The van der Waals surface area contributed by atoms with Crippen molar-refractivity contribution in [2.75, 3.05) is 18.5 Å². The molecule has 3 aliphatic heterocycles. The van der Waals surface area contributed by atoms with Gasteiger partial charge in [0.15, 0.2) is 0 Å². The average Bonchev–Trinajstić information content (AvgIpc) is 3.61. The van der Waals surface area contributed by atoms with Crippen LogP contribution in [0, 0.1) is 0 Å². The van der Waals surface area contributed by atoms with Crippen molar-refractivity contribution in [2.45, 2.75) is 24.9 Å². The molecule has 0 saturated heterocycles. The first-order chi connectivity index (χ1) is 18.3. The van der Waals surface area contributed by atoms with Gasteiger partial charge in [-0.2, -0.15) is 0 Å². The Labute approximate surface area is 216 Å². The number of ether oxygens (including phenoxy) is 2. The van der Waals surface area contributed by atoms with Gasteiger partial charge in [-0.05, 0) is 47.2 Å². The summed E-state index contributed by atoms with van der Waals surface area (Å²) in [6, 6.07) is 33.5. The van der Waals surface area contributed by atoms with Gasteiger partial charge in [0.1, 0.15) is 25.3 Å². The van der Waals surface area contributed by atoms with Gasteiger partial charge in [-0.15, -0.1) is 0 Å². The van der Waals surface area contributed by atoms with E-state index in [0.717, 1.165) is 35.3 Å². The number of fused-ring (bicyclic) bond motifs is 2. The van der Waals surface area contributed by atoms with Gasteiger partial charge in [-0.25, -0.2) is 9.98 Å². The lowest BCUT2D eigenvalue weighted by Crippen LogP contribution is -2.10. The van der Waals surface area contributed by atoms with Gasteiger partial charge in [0.05, 0.1) is 22.5 Å². The topological polar surface area (TPSA) is 55.2 Å². The number of nitrogens with zero attached hydrogens (tertiary/aromatic N) is 2. The fraction of sp³-hybridized carbons (Fsp3) is 0.188. The first kappa shape index (κ1) is 21.9. The Hall–Kier alpha value is -4.38. The summed E-state index contributed by atoms with van der Waals surface area (Å²) in [5.74, 6) is 1.38. The van der Waals surface area contributed by atoms with Gasteiger partial charge >= 0.3 is 0 Å². The van der Waals surface area contributed by atoms with Crippen LogP contribution in [0.2, 0.25) is 0 Å². The molecule has 5 nitrogen and oxygen atoms in total. The monoisotopic (exact) mass is 485 g/mol. The molecule has 0 radical (unpaired) electrons. The quantitative estimate of drug-likeness (QED) is 0.356. The summed E-state index contributed by atoms with van der Waals surface area (Å²) in [6.45, 7) is 1.10. The van der Waals surface area contributed by atoms with Crippen LogP contribution in [0.3, 0.4) is 0 Å². The Balaban J connectivity index is 1.25. The fourth-order valence-electron chi connectivity index (χ4n) is 5.40. The van der Waals surface area contributed by atoms with Gasteiger partial charge in [0.2, 0.25) is 11.8 Å². The molecule has 0 fully saturated rings. The summed E-state index contributed by atoms with van der Waals surface area (Å²) in [4.78, 5) is 9.95. The SMILES string of the molecule is c1ccc(C2COC(c3cccc4c3Nc3c(cccc3C3=NC(c5ccccc5)CO3)CC4)=N2)cc1. The third-order valence-corrected chi connectivity index (χ3v) is 7.35. The lowest BCUT2D eigenvalue weighted by molar-refractivity contribution is 0.320. The van der Waals surface area contributed by atoms with Gasteiger partial charge in [0, 0.05) is 0 Å². The van der Waals surface area contributed by atoms with Crippen molar-refractivity contribution in [1.82, 2.24) is 0 Å². The van der Waals surface area contributed by atoms with Crippen molar-refractivity contribution in [3.05, 3.63) is 130 Å². The molecule has 1 N–H and O–H groups in total. The van der Waals surface area contributed by atoms with Crippen molar-refractivity contribution < 1.29 is 9.47 Å². The van der Waals surface area contributed by atoms with Gasteiger partial charge in [-0.3, -0.25) is 0 Å². The highest BCUT2D eigenvalue weighted by Crippen LogP contribution is 2.38. The molecule has 0 spiro atoms. The molecule has 4 aromatic carbocycles. The predicted molar refractivity (Wildman–Crippen MR) is 147 cm³/mol. The molecular weight excluding hydrogens is 458 g/mol. The van der Waals surface area contributed by atoms with Crippen molar-refractivity contribution in [3.8, 4) is 0 Å². The van der Waals surface area contributed by atoms with Gasteiger partial charge in [-0.1, -0.05) is 84.9 Å². The largest absolute Gasteiger partial charge is 0.475 e. The number of benzene rings is 4. The second kappa shape index (κ2) is 9.25. The second-order valence-electron chi connectivity index (χ2n) is 9.65.